The first-order valence-electron chi connectivity index (χ1n) is 4.90. The highest BCUT2D eigenvalue weighted by molar-refractivity contribution is 7.82. The third-order valence-electron chi connectivity index (χ3n) is 2.40. The van der Waals surface area contributed by atoms with E-state index in [0.717, 1.165) is 25.0 Å². The fraction of sp³-hybridized carbons (Fsp3) is 1.00. The second-order valence-corrected chi connectivity index (χ2v) is 6.51. The first kappa shape index (κ1) is 14.1. The summed E-state index contributed by atoms with van der Waals surface area (Å²) in [5.41, 5.74) is 0. The number of hydrogen-bond donors (Lipinski definition) is 3. The van der Waals surface area contributed by atoms with Gasteiger partial charge in [-0.15, -0.1) is 0 Å². The van der Waals surface area contributed by atoms with Crippen molar-refractivity contribution < 1.29 is 0 Å². The highest BCUT2D eigenvalue weighted by atomic mass is 32.1. The van der Waals surface area contributed by atoms with Crippen LogP contribution in [0.3, 0.4) is 0 Å². The lowest BCUT2D eigenvalue weighted by Gasteiger charge is -2.25. The Balaban J connectivity index is 3.73. The molecule has 2 unspecified atom stereocenters. The zero-order valence-electron chi connectivity index (χ0n) is 8.82. The summed E-state index contributed by atoms with van der Waals surface area (Å²) in [6, 6.07) is 0. The molecule has 80 valence electrons. The Morgan fingerprint density at radius 2 is 1.77 bits per heavy atom. The zero-order valence-corrected chi connectivity index (χ0v) is 11.5. The van der Waals surface area contributed by atoms with Crippen LogP contribution in [0.4, 0.5) is 0 Å². The van der Waals surface area contributed by atoms with Crippen molar-refractivity contribution in [2.45, 2.75) is 50.0 Å². The summed E-state index contributed by atoms with van der Waals surface area (Å²) in [5.74, 6) is 1.57. The molecule has 0 aliphatic heterocycles. The van der Waals surface area contributed by atoms with E-state index in [1.165, 1.54) is 0 Å². The molecule has 3 heteroatoms. The molecule has 0 aliphatic carbocycles. The summed E-state index contributed by atoms with van der Waals surface area (Å²) in [6.07, 6.45) is 3.34. The van der Waals surface area contributed by atoms with Gasteiger partial charge < -0.3 is 0 Å². The maximum atomic E-state index is 4.63. The van der Waals surface area contributed by atoms with E-state index in [-0.39, 0.29) is 4.75 Å². The average Bonchev–Trinajstić information content (AvgIpc) is 2.00. The Kier molecular flexibility index (Phi) is 7.04. The molecule has 0 amide bonds. The third-order valence-corrected chi connectivity index (χ3v) is 3.92. The van der Waals surface area contributed by atoms with Crippen molar-refractivity contribution >= 4 is 37.9 Å². The standard InChI is InChI=1S/C10H22S3/c1-8(2)9(12)4-5-10(3,13)6-7-11/h8-9,11-13H,4-7H2,1-3H3. The minimum Gasteiger partial charge on any atom is -0.179 e. The van der Waals surface area contributed by atoms with E-state index in [9.17, 15) is 0 Å². The summed E-state index contributed by atoms with van der Waals surface area (Å²) < 4.78 is 0.137. The molecule has 0 N–H and O–H groups in total. The molecule has 0 aromatic rings. The van der Waals surface area contributed by atoms with Gasteiger partial charge in [-0.05, 0) is 30.9 Å². The molecule has 0 nitrogen and oxygen atoms in total. The first-order valence-corrected chi connectivity index (χ1v) is 6.50. The molecule has 0 rings (SSSR count). The van der Waals surface area contributed by atoms with E-state index in [1.54, 1.807) is 0 Å². The molecule has 2 atom stereocenters. The molecule has 0 aliphatic rings. The van der Waals surface area contributed by atoms with Crippen molar-refractivity contribution in [3.63, 3.8) is 0 Å². The van der Waals surface area contributed by atoms with Crippen LogP contribution in [0.15, 0.2) is 0 Å². The Morgan fingerprint density at radius 3 is 2.15 bits per heavy atom. The van der Waals surface area contributed by atoms with Crippen molar-refractivity contribution in [1.82, 2.24) is 0 Å². The predicted octanol–water partition coefficient (Wildman–Crippen LogP) is 3.73. The van der Waals surface area contributed by atoms with Gasteiger partial charge in [-0.25, -0.2) is 0 Å². The van der Waals surface area contributed by atoms with Crippen LogP contribution in [0.25, 0.3) is 0 Å². The van der Waals surface area contributed by atoms with Crippen molar-refractivity contribution in [3.8, 4) is 0 Å². The largest absolute Gasteiger partial charge is 0.179 e. The highest BCUT2D eigenvalue weighted by Gasteiger charge is 2.20. The minimum atomic E-state index is 0.137. The second kappa shape index (κ2) is 6.52. The zero-order chi connectivity index (χ0) is 10.5. The molecule has 0 heterocycles. The van der Waals surface area contributed by atoms with Crippen molar-refractivity contribution in [3.05, 3.63) is 0 Å². The molecule has 0 saturated heterocycles. The number of rotatable bonds is 6. The summed E-state index contributed by atoms with van der Waals surface area (Å²) in [5, 5.41) is 0.506. The Labute approximate surface area is 99.5 Å². The van der Waals surface area contributed by atoms with Gasteiger partial charge in [-0.2, -0.15) is 37.9 Å². The summed E-state index contributed by atoms with van der Waals surface area (Å²) in [6.45, 7) is 6.62. The van der Waals surface area contributed by atoms with E-state index in [2.05, 4.69) is 58.7 Å². The van der Waals surface area contributed by atoms with Gasteiger partial charge in [0.1, 0.15) is 0 Å². The van der Waals surface area contributed by atoms with Crippen molar-refractivity contribution in [1.29, 1.82) is 0 Å². The van der Waals surface area contributed by atoms with Crippen LogP contribution in [0, 0.1) is 5.92 Å². The Bertz CT molecular complexity index is 132. The maximum Gasteiger partial charge on any atom is 0.0109 e. The van der Waals surface area contributed by atoms with Crippen LogP contribution in [-0.4, -0.2) is 15.7 Å². The summed E-state index contributed by atoms with van der Waals surface area (Å²) >= 11 is 13.4. The third kappa shape index (κ3) is 7.03. The SMILES string of the molecule is CC(C)C(S)CCC(C)(S)CCS. The van der Waals surface area contributed by atoms with Gasteiger partial charge in [0, 0.05) is 10.00 Å². The van der Waals surface area contributed by atoms with Crippen LogP contribution < -0.4 is 0 Å². The monoisotopic (exact) mass is 238 g/mol. The van der Waals surface area contributed by atoms with Crippen LogP contribution in [0.1, 0.15) is 40.0 Å². The molecular weight excluding hydrogens is 216 g/mol. The van der Waals surface area contributed by atoms with Gasteiger partial charge in [-0.3, -0.25) is 0 Å². The van der Waals surface area contributed by atoms with Gasteiger partial charge in [0.15, 0.2) is 0 Å². The molecule has 0 bridgehead atoms. The van der Waals surface area contributed by atoms with Crippen LogP contribution in [0.5, 0.6) is 0 Å². The van der Waals surface area contributed by atoms with Gasteiger partial charge in [0.05, 0.1) is 0 Å². The van der Waals surface area contributed by atoms with Crippen molar-refractivity contribution in [2.75, 3.05) is 5.75 Å². The molecule has 0 spiro atoms. The second-order valence-electron chi connectivity index (χ2n) is 4.32. The highest BCUT2D eigenvalue weighted by Crippen LogP contribution is 2.28. The molecular formula is C10H22S3. The lowest BCUT2D eigenvalue weighted by molar-refractivity contribution is 0.495. The topological polar surface area (TPSA) is 0 Å². The normalized spacial score (nSPS) is 18.7. The van der Waals surface area contributed by atoms with Crippen molar-refractivity contribution in [2.24, 2.45) is 5.92 Å². The van der Waals surface area contributed by atoms with Crippen LogP contribution in [-0.2, 0) is 0 Å². The van der Waals surface area contributed by atoms with Gasteiger partial charge in [0.25, 0.3) is 0 Å². The van der Waals surface area contributed by atoms with Gasteiger partial charge >= 0.3 is 0 Å². The van der Waals surface area contributed by atoms with Crippen LogP contribution in [0.2, 0.25) is 0 Å². The van der Waals surface area contributed by atoms with E-state index >= 15 is 0 Å². The lowest BCUT2D eigenvalue weighted by Crippen LogP contribution is -2.20. The molecule has 0 aromatic heterocycles. The van der Waals surface area contributed by atoms with E-state index in [4.69, 9.17) is 0 Å². The smallest absolute Gasteiger partial charge is 0.0109 e. The minimum absolute atomic E-state index is 0.137. The fourth-order valence-corrected chi connectivity index (χ4v) is 2.20. The van der Waals surface area contributed by atoms with E-state index < -0.39 is 0 Å². The maximum absolute atomic E-state index is 4.63. The quantitative estimate of drug-likeness (QED) is 0.577. The number of hydrogen-bond acceptors (Lipinski definition) is 3. The number of thiol groups is 3. The lowest BCUT2D eigenvalue weighted by atomic mass is 9.96. The van der Waals surface area contributed by atoms with Gasteiger partial charge in [0.2, 0.25) is 0 Å². The van der Waals surface area contributed by atoms with Crippen LogP contribution >= 0.6 is 37.9 Å². The Morgan fingerprint density at radius 1 is 1.23 bits per heavy atom. The fourth-order valence-electron chi connectivity index (χ4n) is 1.16. The molecule has 0 fully saturated rings. The molecule has 0 radical (unpaired) electrons. The van der Waals surface area contributed by atoms with E-state index in [0.29, 0.717) is 11.2 Å². The van der Waals surface area contributed by atoms with E-state index in [1.807, 2.05) is 0 Å². The predicted molar refractivity (Wildman–Crippen MR) is 72.7 cm³/mol. The molecule has 0 aromatic carbocycles. The summed E-state index contributed by atoms with van der Waals surface area (Å²) in [7, 11) is 0. The van der Waals surface area contributed by atoms with Gasteiger partial charge in [-0.1, -0.05) is 20.8 Å². The molecule has 13 heavy (non-hydrogen) atoms. The summed E-state index contributed by atoms with van der Waals surface area (Å²) in [4.78, 5) is 0. The average molecular weight is 238 g/mol. The molecule has 0 saturated carbocycles. The first-order chi connectivity index (χ1) is 5.89. The Hall–Kier alpha value is 1.05.